The molecule has 3 rings (SSSR count). The second kappa shape index (κ2) is 8.78. The van der Waals surface area contributed by atoms with E-state index in [-0.39, 0.29) is 32.9 Å². The van der Waals surface area contributed by atoms with E-state index in [1.807, 2.05) is 0 Å². The van der Waals surface area contributed by atoms with Gasteiger partial charge in [0.2, 0.25) is 0 Å². The van der Waals surface area contributed by atoms with Gasteiger partial charge in [-0.3, -0.25) is 10.1 Å². The maximum Gasteiger partial charge on any atom is 0.276 e. The van der Waals surface area contributed by atoms with Gasteiger partial charge in [-0.1, -0.05) is 44.0 Å². The third-order valence-corrected chi connectivity index (χ3v) is 11.7. The smallest absolute Gasteiger partial charge is 0.276 e. The lowest BCUT2D eigenvalue weighted by Crippen LogP contribution is -2.44. The van der Waals surface area contributed by atoms with Gasteiger partial charge in [-0.05, 0) is 38.0 Å². The molecule has 11 heteroatoms. The average molecular weight is 508 g/mol. The number of nitrogens with zero attached hydrogens (tertiary/aromatic N) is 1. The van der Waals surface area contributed by atoms with E-state index in [9.17, 15) is 15.2 Å². The van der Waals surface area contributed by atoms with Crippen LogP contribution < -0.4 is 0 Å². The lowest BCUT2D eigenvalue weighted by molar-refractivity contribution is -0.386. The summed E-state index contributed by atoms with van der Waals surface area (Å²) in [5.74, 6) is -0.893. The summed E-state index contributed by atoms with van der Waals surface area (Å²) in [7, 11) is -2.06. The van der Waals surface area contributed by atoms with E-state index in [2.05, 4.69) is 33.9 Å². The summed E-state index contributed by atoms with van der Waals surface area (Å²) in [4.78, 5) is 11.0. The van der Waals surface area contributed by atoms with E-state index < -0.39 is 49.5 Å². The highest BCUT2D eigenvalue weighted by atomic mass is 35.5. The third kappa shape index (κ3) is 5.00. The molecule has 1 aromatic rings. The lowest BCUT2D eigenvalue weighted by Gasteiger charge is -2.37. The molecular formula is C21H31Cl2NO7Si. The fourth-order valence-corrected chi connectivity index (χ4v) is 5.08. The second-order valence-electron chi connectivity index (χ2n) is 10.3. The molecule has 0 bridgehead atoms. The lowest BCUT2D eigenvalue weighted by atomic mass is 9.97. The molecule has 0 radical (unpaired) electrons. The topological polar surface area (TPSA) is 100 Å². The van der Waals surface area contributed by atoms with Crippen molar-refractivity contribution in [3.05, 3.63) is 37.9 Å². The molecule has 1 aromatic carbocycles. The number of ether oxygens (including phenoxy) is 3. The number of nitro groups is 1. The van der Waals surface area contributed by atoms with E-state index in [0.29, 0.717) is 0 Å². The highest BCUT2D eigenvalue weighted by Gasteiger charge is 2.58. The summed E-state index contributed by atoms with van der Waals surface area (Å²) < 4.78 is 24.6. The molecule has 2 aliphatic heterocycles. The zero-order valence-corrected chi connectivity index (χ0v) is 21.9. The van der Waals surface area contributed by atoms with E-state index >= 15 is 0 Å². The molecule has 0 aliphatic carbocycles. The van der Waals surface area contributed by atoms with Crippen molar-refractivity contribution in [2.45, 2.75) is 89.1 Å². The summed E-state index contributed by atoms with van der Waals surface area (Å²) in [5, 5.41) is 22.9. The molecule has 2 heterocycles. The first kappa shape index (κ1) is 25.8. The number of nitro benzene ring substituents is 1. The van der Waals surface area contributed by atoms with Crippen LogP contribution in [0.25, 0.3) is 0 Å². The second-order valence-corrected chi connectivity index (χ2v) is 15.9. The molecule has 1 N–H and O–H groups in total. The molecule has 32 heavy (non-hydrogen) atoms. The van der Waals surface area contributed by atoms with Crippen molar-refractivity contribution < 1.29 is 28.7 Å². The van der Waals surface area contributed by atoms with Gasteiger partial charge in [0.05, 0.1) is 27.1 Å². The fourth-order valence-electron chi connectivity index (χ4n) is 3.73. The Hall–Kier alpha value is -0.783. The van der Waals surface area contributed by atoms with E-state index in [1.165, 1.54) is 6.07 Å². The van der Waals surface area contributed by atoms with Crippen LogP contribution in [0.5, 0.6) is 0 Å². The Morgan fingerprint density at radius 1 is 1.22 bits per heavy atom. The van der Waals surface area contributed by atoms with Gasteiger partial charge in [-0.25, -0.2) is 0 Å². The van der Waals surface area contributed by atoms with E-state index in [1.54, 1.807) is 13.8 Å². The molecule has 0 spiro atoms. The van der Waals surface area contributed by atoms with Gasteiger partial charge in [0, 0.05) is 6.07 Å². The van der Waals surface area contributed by atoms with Gasteiger partial charge in [0.15, 0.2) is 14.1 Å². The van der Waals surface area contributed by atoms with Crippen molar-refractivity contribution in [1.82, 2.24) is 0 Å². The predicted molar refractivity (Wildman–Crippen MR) is 124 cm³/mol. The minimum Gasteiger partial charge on any atom is -0.414 e. The minimum atomic E-state index is -2.06. The number of halogens is 2. The number of hydrogen-bond donors (Lipinski definition) is 1. The Balaban J connectivity index is 1.89. The summed E-state index contributed by atoms with van der Waals surface area (Å²) in [6.07, 6.45) is -3.92. The van der Waals surface area contributed by atoms with Crippen LogP contribution in [0, 0.1) is 10.1 Å². The molecule has 2 fully saturated rings. The minimum absolute atomic E-state index is 0.00687. The van der Waals surface area contributed by atoms with Crippen LogP contribution in [-0.4, -0.2) is 55.2 Å². The first-order valence-corrected chi connectivity index (χ1v) is 14.2. The zero-order chi connectivity index (χ0) is 24.2. The van der Waals surface area contributed by atoms with Crippen molar-refractivity contribution in [1.29, 1.82) is 0 Å². The molecule has 2 saturated heterocycles. The van der Waals surface area contributed by atoms with Crippen molar-refractivity contribution in [3.8, 4) is 0 Å². The standard InChI is InChI=1S/C21H31Cl2NO7Si/c1-20(2,3)32(6,7)28-10-15-17-19(31-21(4,5)30-17)18(29-15)16(25)11-8-12(22)13(23)9-14(11)24(26)27/h8-9,15-19,25H,10H2,1-7H3/t15-,16?,17-,18-,19-/m1/s1. The zero-order valence-electron chi connectivity index (χ0n) is 19.3. The monoisotopic (exact) mass is 507 g/mol. The molecule has 0 saturated carbocycles. The average Bonchev–Trinajstić information content (AvgIpc) is 3.13. The number of aliphatic hydroxyl groups excluding tert-OH is 1. The fraction of sp³-hybridized carbons (Fsp3) is 0.714. The van der Waals surface area contributed by atoms with Crippen molar-refractivity contribution in [3.63, 3.8) is 0 Å². The number of fused-ring (bicyclic) bond motifs is 1. The molecule has 0 amide bonds. The first-order valence-electron chi connectivity index (χ1n) is 10.5. The largest absolute Gasteiger partial charge is 0.414 e. The van der Waals surface area contributed by atoms with Crippen LogP contribution in [0.15, 0.2) is 12.1 Å². The van der Waals surface area contributed by atoms with Crippen molar-refractivity contribution >= 4 is 37.2 Å². The quantitative estimate of drug-likeness (QED) is 0.319. The van der Waals surface area contributed by atoms with Gasteiger partial charge >= 0.3 is 0 Å². The Morgan fingerprint density at radius 2 is 1.78 bits per heavy atom. The van der Waals surface area contributed by atoms with Crippen LogP contribution in [0.1, 0.15) is 46.3 Å². The molecule has 0 aromatic heterocycles. The summed E-state index contributed by atoms with van der Waals surface area (Å²) in [6, 6.07) is 2.42. The van der Waals surface area contributed by atoms with Crippen LogP contribution in [-0.2, 0) is 18.6 Å². The molecular weight excluding hydrogens is 477 g/mol. The number of rotatable bonds is 6. The van der Waals surface area contributed by atoms with E-state index in [0.717, 1.165) is 6.07 Å². The van der Waals surface area contributed by atoms with Gasteiger partial charge < -0.3 is 23.7 Å². The van der Waals surface area contributed by atoms with Gasteiger partial charge in [0.25, 0.3) is 5.69 Å². The van der Waals surface area contributed by atoms with E-state index in [4.69, 9.17) is 41.8 Å². The Labute approximate surface area is 199 Å². The maximum absolute atomic E-state index is 11.6. The third-order valence-electron chi connectivity index (χ3n) is 6.50. The van der Waals surface area contributed by atoms with Crippen molar-refractivity contribution in [2.24, 2.45) is 0 Å². The maximum atomic E-state index is 11.6. The number of hydrogen-bond acceptors (Lipinski definition) is 7. The first-order chi connectivity index (χ1) is 14.5. The number of aliphatic hydroxyl groups is 1. The normalized spacial score (nSPS) is 28.6. The predicted octanol–water partition coefficient (Wildman–Crippen LogP) is 5.24. The van der Waals surface area contributed by atoms with Crippen molar-refractivity contribution in [2.75, 3.05) is 6.61 Å². The van der Waals surface area contributed by atoms with Crippen LogP contribution >= 0.6 is 23.2 Å². The molecule has 5 atom stereocenters. The molecule has 180 valence electrons. The van der Waals surface area contributed by atoms with Gasteiger partial charge in [-0.2, -0.15) is 0 Å². The van der Waals surface area contributed by atoms with Gasteiger partial charge in [0.1, 0.15) is 30.5 Å². The van der Waals surface area contributed by atoms with Crippen LogP contribution in [0.4, 0.5) is 5.69 Å². The molecule has 1 unspecified atom stereocenters. The van der Waals surface area contributed by atoms with Gasteiger partial charge in [-0.15, -0.1) is 0 Å². The Kier molecular flexibility index (Phi) is 7.08. The Morgan fingerprint density at radius 3 is 2.34 bits per heavy atom. The summed E-state index contributed by atoms with van der Waals surface area (Å²) in [5.41, 5.74) is -0.335. The molecule has 2 aliphatic rings. The summed E-state index contributed by atoms with van der Waals surface area (Å²) >= 11 is 12.0. The van der Waals surface area contributed by atoms with Crippen LogP contribution in [0.2, 0.25) is 28.2 Å². The Bertz CT molecular complexity index is 890. The SMILES string of the molecule is CC1(C)O[C@@H]2[C@H](O1)[C@@H](CO[Si](C)(C)C(C)(C)C)O[C@@H]2C(O)c1cc(Cl)c(Cl)cc1[N+](=O)[O-]. The molecule has 8 nitrogen and oxygen atoms in total. The number of benzene rings is 1. The highest BCUT2D eigenvalue weighted by Crippen LogP contribution is 2.45. The highest BCUT2D eigenvalue weighted by molar-refractivity contribution is 6.74. The summed E-state index contributed by atoms with van der Waals surface area (Å²) in [6.45, 7) is 14.5. The van der Waals surface area contributed by atoms with Crippen LogP contribution in [0.3, 0.4) is 0 Å².